The number of nitrogens with zero attached hydrogens (tertiary/aromatic N) is 3. The van der Waals surface area contributed by atoms with Crippen LogP contribution >= 0.6 is 0 Å². The van der Waals surface area contributed by atoms with Gasteiger partial charge in [-0.2, -0.15) is 4.98 Å². The van der Waals surface area contributed by atoms with Gasteiger partial charge in [0, 0.05) is 12.3 Å². The summed E-state index contributed by atoms with van der Waals surface area (Å²) in [4.78, 5) is 19.4. The first kappa shape index (κ1) is 12.0. The number of pyridine rings is 1. The minimum absolute atomic E-state index is 0.0638. The van der Waals surface area contributed by atoms with Crippen molar-refractivity contribution in [2.75, 3.05) is 7.11 Å². The number of hydrogen-bond acceptors (Lipinski definition) is 7. The molecule has 0 fully saturated rings. The molecule has 94 valence electrons. The van der Waals surface area contributed by atoms with Crippen LogP contribution in [0.25, 0.3) is 0 Å². The van der Waals surface area contributed by atoms with E-state index in [1.54, 1.807) is 19.1 Å². The SMILES string of the molecule is COc1ccc(C(=O)OCc2nc(C)no2)cn1. The second-order valence-corrected chi connectivity index (χ2v) is 3.40. The zero-order chi connectivity index (χ0) is 13.0. The van der Waals surface area contributed by atoms with E-state index in [4.69, 9.17) is 14.0 Å². The standard InChI is InChI=1S/C11H11N3O4/c1-7-13-10(18-14-7)6-17-11(15)8-3-4-9(16-2)12-5-8/h3-5H,6H2,1-2H3. The lowest BCUT2D eigenvalue weighted by atomic mass is 10.3. The van der Waals surface area contributed by atoms with Crippen LogP contribution in [0.1, 0.15) is 22.1 Å². The van der Waals surface area contributed by atoms with Crippen molar-refractivity contribution in [2.24, 2.45) is 0 Å². The molecule has 0 aromatic carbocycles. The Balaban J connectivity index is 1.94. The third kappa shape index (κ3) is 2.82. The molecule has 0 atom stereocenters. The lowest BCUT2D eigenvalue weighted by Gasteiger charge is -2.02. The van der Waals surface area contributed by atoms with Crippen LogP contribution in [0.5, 0.6) is 5.88 Å². The van der Waals surface area contributed by atoms with Gasteiger partial charge in [-0.25, -0.2) is 9.78 Å². The summed E-state index contributed by atoms with van der Waals surface area (Å²) in [5.74, 6) is 0.662. The first-order valence-corrected chi connectivity index (χ1v) is 5.15. The number of aryl methyl sites for hydroxylation is 1. The van der Waals surface area contributed by atoms with Crippen molar-refractivity contribution >= 4 is 5.97 Å². The number of carbonyl (C=O) groups is 1. The van der Waals surface area contributed by atoms with Crippen LogP contribution in [-0.2, 0) is 11.3 Å². The highest BCUT2D eigenvalue weighted by atomic mass is 16.6. The predicted molar refractivity (Wildman–Crippen MR) is 58.9 cm³/mol. The van der Waals surface area contributed by atoms with Gasteiger partial charge in [-0.15, -0.1) is 0 Å². The average molecular weight is 249 g/mol. The van der Waals surface area contributed by atoms with E-state index in [1.807, 2.05) is 0 Å². The number of ether oxygens (including phenoxy) is 2. The molecule has 0 saturated heterocycles. The van der Waals surface area contributed by atoms with Gasteiger partial charge in [0.1, 0.15) is 0 Å². The number of methoxy groups -OCH3 is 1. The summed E-state index contributed by atoms with van der Waals surface area (Å²) < 4.78 is 14.7. The molecule has 0 aliphatic carbocycles. The number of rotatable bonds is 4. The number of hydrogen-bond donors (Lipinski definition) is 0. The second-order valence-electron chi connectivity index (χ2n) is 3.40. The van der Waals surface area contributed by atoms with Crippen molar-refractivity contribution in [3.63, 3.8) is 0 Å². The molecule has 0 amide bonds. The first-order valence-electron chi connectivity index (χ1n) is 5.15. The fourth-order valence-corrected chi connectivity index (χ4v) is 1.23. The van der Waals surface area contributed by atoms with E-state index in [2.05, 4.69) is 15.1 Å². The Morgan fingerprint density at radius 3 is 2.83 bits per heavy atom. The fraction of sp³-hybridized carbons (Fsp3) is 0.273. The molecule has 0 radical (unpaired) electrons. The summed E-state index contributed by atoms with van der Waals surface area (Å²) in [6.07, 6.45) is 1.38. The van der Waals surface area contributed by atoms with Gasteiger partial charge in [0.15, 0.2) is 12.4 Å². The van der Waals surface area contributed by atoms with E-state index in [-0.39, 0.29) is 12.5 Å². The molecule has 0 unspecified atom stereocenters. The van der Waals surface area contributed by atoms with Crippen molar-refractivity contribution in [3.8, 4) is 5.88 Å². The van der Waals surface area contributed by atoms with Crippen molar-refractivity contribution in [1.82, 2.24) is 15.1 Å². The zero-order valence-electron chi connectivity index (χ0n) is 9.91. The Morgan fingerprint density at radius 1 is 1.44 bits per heavy atom. The van der Waals surface area contributed by atoms with Gasteiger partial charge in [-0.1, -0.05) is 5.16 Å². The Labute approximate surface area is 103 Å². The predicted octanol–water partition coefficient (Wildman–Crippen LogP) is 1.14. The van der Waals surface area contributed by atoms with Gasteiger partial charge in [0.05, 0.1) is 12.7 Å². The highest BCUT2D eigenvalue weighted by Gasteiger charge is 2.10. The summed E-state index contributed by atoms with van der Waals surface area (Å²) in [5, 5.41) is 3.58. The van der Waals surface area contributed by atoms with Gasteiger partial charge < -0.3 is 14.0 Å². The van der Waals surface area contributed by atoms with E-state index >= 15 is 0 Å². The normalized spacial score (nSPS) is 10.1. The first-order chi connectivity index (χ1) is 8.69. The van der Waals surface area contributed by atoms with E-state index in [0.717, 1.165) is 0 Å². The molecule has 2 aromatic heterocycles. The molecule has 2 heterocycles. The Kier molecular flexibility index (Phi) is 3.52. The van der Waals surface area contributed by atoms with Gasteiger partial charge in [0.25, 0.3) is 5.89 Å². The highest BCUT2D eigenvalue weighted by molar-refractivity contribution is 5.88. The van der Waals surface area contributed by atoms with Crippen molar-refractivity contribution in [2.45, 2.75) is 13.5 Å². The quantitative estimate of drug-likeness (QED) is 0.750. The lowest BCUT2D eigenvalue weighted by molar-refractivity contribution is 0.0429. The summed E-state index contributed by atoms with van der Waals surface area (Å²) >= 11 is 0. The maximum atomic E-state index is 11.6. The average Bonchev–Trinajstić information content (AvgIpc) is 2.82. The molecule has 2 rings (SSSR count). The van der Waals surface area contributed by atoms with Gasteiger partial charge >= 0.3 is 5.97 Å². The van der Waals surface area contributed by atoms with Crippen LogP contribution in [-0.4, -0.2) is 28.2 Å². The summed E-state index contributed by atoms with van der Waals surface area (Å²) in [7, 11) is 1.50. The maximum Gasteiger partial charge on any atom is 0.340 e. The molecule has 7 heteroatoms. The Morgan fingerprint density at radius 2 is 2.28 bits per heavy atom. The minimum atomic E-state index is -0.513. The van der Waals surface area contributed by atoms with E-state index < -0.39 is 5.97 Å². The van der Waals surface area contributed by atoms with Gasteiger partial charge in [-0.3, -0.25) is 0 Å². The molecule has 7 nitrogen and oxygen atoms in total. The van der Waals surface area contributed by atoms with Gasteiger partial charge in [-0.05, 0) is 13.0 Å². The van der Waals surface area contributed by atoms with E-state index in [0.29, 0.717) is 17.3 Å². The van der Waals surface area contributed by atoms with Crippen LogP contribution in [0, 0.1) is 6.92 Å². The van der Waals surface area contributed by atoms with E-state index in [9.17, 15) is 4.79 Å². The molecular weight excluding hydrogens is 238 g/mol. The molecule has 0 bridgehead atoms. The molecule has 18 heavy (non-hydrogen) atoms. The molecular formula is C11H11N3O4. The van der Waals surface area contributed by atoms with Crippen LogP contribution < -0.4 is 4.74 Å². The third-order valence-corrected chi connectivity index (χ3v) is 2.08. The van der Waals surface area contributed by atoms with Crippen LogP contribution in [0.2, 0.25) is 0 Å². The monoisotopic (exact) mass is 249 g/mol. The number of carbonyl (C=O) groups excluding carboxylic acids is 1. The number of aromatic nitrogens is 3. The van der Waals surface area contributed by atoms with Gasteiger partial charge in [0.2, 0.25) is 5.88 Å². The molecule has 0 saturated carbocycles. The maximum absolute atomic E-state index is 11.6. The van der Waals surface area contributed by atoms with Crippen LogP contribution in [0.15, 0.2) is 22.9 Å². The number of esters is 1. The van der Waals surface area contributed by atoms with Crippen LogP contribution in [0.4, 0.5) is 0 Å². The highest BCUT2D eigenvalue weighted by Crippen LogP contribution is 2.08. The second kappa shape index (κ2) is 5.26. The Hall–Kier alpha value is -2.44. The molecule has 0 aliphatic heterocycles. The van der Waals surface area contributed by atoms with Crippen molar-refractivity contribution in [1.29, 1.82) is 0 Å². The molecule has 2 aromatic rings. The van der Waals surface area contributed by atoms with Crippen molar-refractivity contribution in [3.05, 3.63) is 35.6 Å². The minimum Gasteiger partial charge on any atom is -0.481 e. The topological polar surface area (TPSA) is 87.3 Å². The summed E-state index contributed by atoms with van der Waals surface area (Å²) in [6, 6.07) is 3.14. The largest absolute Gasteiger partial charge is 0.481 e. The van der Waals surface area contributed by atoms with Crippen LogP contribution in [0.3, 0.4) is 0 Å². The molecule has 0 aliphatic rings. The zero-order valence-corrected chi connectivity index (χ0v) is 9.91. The third-order valence-electron chi connectivity index (χ3n) is 2.08. The molecule has 0 N–H and O–H groups in total. The Bertz CT molecular complexity index is 535. The summed E-state index contributed by atoms with van der Waals surface area (Å²) in [6.45, 7) is 1.62. The van der Waals surface area contributed by atoms with E-state index in [1.165, 1.54) is 13.3 Å². The lowest BCUT2D eigenvalue weighted by Crippen LogP contribution is -2.06. The fourth-order valence-electron chi connectivity index (χ4n) is 1.23. The smallest absolute Gasteiger partial charge is 0.340 e. The van der Waals surface area contributed by atoms with Crippen molar-refractivity contribution < 1.29 is 18.8 Å². The molecule has 0 spiro atoms. The summed E-state index contributed by atoms with van der Waals surface area (Å²) in [5.41, 5.74) is 0.326.